The topological polar surface area (TPSA) is 63.6 Å². The highest BCUT2D eigenvalue weighted by atomic mass is 32.1. The second-order valence-electron chi connectivity index (χ2n) is 3.84. The van der Waals surface area contributed by atoms with Crippen molar-refractivity contribution in [2.45, 2.75) is 0 Å². The van der Waals surface area contributed by atoms with Gasteiger partial charge in [-0.2, -0.15) is 0 Å². The zero-order valence-electron chi connectivity index (χ0n) is 9.80. The van der Waals surface area contributed by atoms with Crippen molar-refractivity contribution in [3.05, 3.63) is 43.5 Å². The molecule has 0 saturated heterocycles. The smallest absolute Gasteiger partial charge is 0.351 e. The fraction of sp³-hybridized carbons (Fsp3) is 0.0833. The molecular weight excluding hydrogens is 284 g/mol. The number of thiazole rings is 1. The molecule has 0 spiro atoms. The largest absolute Gasteiger partial charge is 0.465 e. The number of H-pyrrole nitrogens is 1. The van der Waals surface area contributed by atoms with Crippen molar-refractivity contribution in [1.82, 2.24) is 9.38 Å². The van der Waals surface area contributed by atoms with Gasteiger partial charge in [0.1, 0.15) is 5.65 Å². The van der Waals surface area contributed by atoms with Crippen LogP contribution in [0, 0.1) is 3.95 Å². The van der Waals surface area contributed by atoms with Gasteiger partial charge in [-0.05, 0) is 24.4 Å². The first-order valence-corrected chi connectivity index (χ1v) is 6.61. The molecule has 1 aromatic carbocycles. The Morgan fingerprint density at radius 1 is 1.42 bits per heavy atom. The molecule has 1 N–H and O–H groups in total. The number of fused-ring (bicyclic) bond motifs is 3. The number of carbonyl (C=O) groups is 1. The predicted octanol–water partition coefficient (Wildman–Crippen LogP) is 2.36. The molecular formula is C12H8N2O3S2. The molecule has 7 heteroatoms. The maximum Gasteiger partial charge on any atom is 0.351 e. The van der Waals surface area contributed by atoms with Crippen LogP contribution in [0.25, 0.3) is 16.6 Å². The molecule has 19 heavy (non-hydrogen) atoms. The molecule has 0 saturated carbocycles. The van der Waals surface area contributed by atoms with E-state index in [2.05, 4.69) is 4.98 Å². The normalized spacial score (nSPS) is 11.0. The van der Waals surface area contributed by atoms with Gasteiger partial charge in [-0.1, -0.05) is 23.5 Å². The Morgan fingerprint density at radius 3 is 2.89 bits per heavy atom. The minimum absolute atomic E-state index is 0.256. The summed E-state index contributed by atoms with van der Waals surface area (Å²) < 4.78 is 6.87. The van der Waals surface area contributed by atoms with Crippen LogP contribution < -0.4 is 5.56 Å². The molecule has 0 aliphatic rings. The summed E-state index contributed by atoms with van der Waals surface area (Å²) in [6.45, 7) is 0. The van der Waals surface area contributed by atoms with Crippen LogP contribution in [0.3, 0.4) is 0 Å². The van der Waals surface area contributed by atoms with Gasteiger partial charge in [0.05, 0.1) is 18.0 Å². The number of nitrogens with one attached hydrogen (secondary N) is 1. The number of hydrogen-bond acceptors (Lipinski definition) is 5. The van der Waals surface area contributed by atoms with Crippen LogP contribution in [0.2, 0.25) is 0 Å². The molecule has 3 rings (SSSR count). The summed E-state index contributed by atoms with van der Waals surface area (Å²) in [7, 11) is 1.29. The van der Waals surface area contributed by atoms with E-state index >= 15 is 0 Å². The number of para-hydroxylation sites is 1. The van der Waals surface area contributed by atoms with E-state index in [4.69, 9.17) is 17.0 Å². The molecule has 0 amide bonds. The summed E-state index contributed by atoms with van der Waals surface area (Å²) in [5, 5.41) is 0.528. The van der Waals surface area contributed by atoms with Crippen LogP contribution in [-0.2, 0) is 4.74 Å². The lowest BCUT2D eigenvalue weighted by atomic mass is 10.2. The fourth-order valence-corrected chi connectivity index (χ4v) is 3.27. The molecule has 0 unspecified atom stereocenters. The predicted molar refractivity (Wildman–Crippen MR) is 75.6 cm³/mol. The second kappa shape index (κ2) is 4.29. The zero-order chi connectivity index (χ0) is 13.6. The Bertz CT molecular complexity index is 920. The van der Waals surface area contributed by atoms with E-state index in [0.717, 1.165) is 11.3 Å². The number of hydrogen-bond donors (Lipinski definition) is 1. The van der Waals surface area contributed by atoms with Gasteiger partial charge in [-0.3, -0.25) is 9.20 Å². The number of benzene rings is 1. The molecule has 2 heterocycles. The third-order valence-corrected chi connectivity index (χ3v) is 4.16. The van der Waals surface area contributed by atoms with Crippen LogP contribution in [0.4, 0.5) is 0 Å². The van der Waals surface area contributed by atoms with E-state index in [1.54, 1.807) is 22.6 Å². The maximum absolute atomic E-state index is 12.0. The Morgan fingerprint density at radius 2 is 2.16 bits per heavy atom. The SMILES string of the molecule is COC(=O)c1sc(=S)n2c1[nH]c(=O)c1ccccc12. The van der Waals surface area contributed by atoms with Crippen molar-refractivity contribution >= 4 is 46.1 Å². The second-order valence-corrected chi connectivity index (χ2v) is 5.49. The third kappa shape index (κ3) is 1.70. The van der Waals surface area contributed by atoms with Crippen LogP contribution in [0.15, 0.2) is 29.1 Å². The molecule has 96 valence electrons. The quantitative estimate of drug-likeness (QED) is 0.552. The van der Waals surface area contributed by atoms with Crippen molar-refractivity contribution in [3.8, 4) is 0 Å². The molecule has 2 aromatic heterocycles. The Balaban J connectivity index is 2.59. The number of esters is 1. The number of nitrogens with zero attached hydrogens (tertiary/aromatic N) is 1. The molecule has 0 aliphatic carbocycles. The molecule has 0 atom stereocenters. The molecule has 3 aromatic rings. The molecule has 5 nitrogen and oxygen atoms in total. The lowest BCUT2D eigenvalue weighted by Crippen LogP contribution is -2.11. The summed E-state index contributed by atoms with van der Waals surface area (Å²) in [6, 6.07) is 7.10. The lowest BCUT2D eigenvalue weighted by molar-refractivity contribution is 0.0608. The van der Waals surface area contributed by atoms with Crippen LogP contribution in [0.1, 0.15) is 9.67 Å². The van der Waals surface area contributed by atoms with Gasteiger partial charge in [-0.25, -0.2) is 4.79 Å². The first kappa shape index (κ1) is 12.1. The summed E-state index contributed by atoms with van der Waals surface area (Å²) in [5.41, 5.74) is 0.803. The summed E-state index contributed by atoms with van der Waals surface area (Å²) in [4.78, 5) is 26.7. The van der Waals surface area contributed by atoms with Crippen molar-refractivity contribution in [3.63, 3.8) is 0 Å². The minimum Gasteiger partial charge on any atom is -0.465 e. The number of methoxy groups -OCH3 is 1. The van der Waals surface area contributed by atoms with E-state index in [1.165, 1.54) is 7.11 Å². The van der Waals surface area contributed by atoms with Crippen LogP contribution >= 0.6 is 23.6 Å². The van der Waals surface area contributed by atoms with Crippen molar-refractivity contribution in [2.75, 3.05) is 7.11 Å². The van der Waals surface area contributed by atoms with Gasteiger partial charge < -0.3 is 9.72 Å². The molecule has 0 radical (unpaired) electrons. The monoisotopic (exact) mass is 292 g/mol. The third-order valence-electron chi connectivity index (χ3n) is 2.80. The number of carbonyl (C=O) groups excluding carboxylic acids is 1. The highest BCUT2D eigenvalue weighted by molar-refractivity contribution is 7.73. The van der Waals surface area contributed by atoms with Gasteiger partial charge in [0, 0.05) is 0 Å². The standard InChI is InChI=1S/C12H8N2O3S2/c1-17-11(16)8-9-13-10(15)6-4-2-3-5-7(6)14(9)12(18)19-8/h2-5H,1H3,(H,13,15). The Labute approximate surface area is 116 Å². The van der Waals surface area contributed by atoms with Gasteiger partial charge >= 0.3 is 5.97 Å². The molecule has 0 fully saturated rings. The first-order valence-electron chi connectivity index (χ1n) is 5.38. The summed E-state index contributed by atoms with van der Waals surface area (Å²) in [5.74, 6) is -0.510. The summed E-state index contributed by atoms with van der Waals surface area (Å²) >= 11 is 6.38. The van der Waals surface area contributed by atoms with E-state index in [-0.39, 0.29) is 5.56 Å². The van der Waals surface area contributed by atoms with Crippen molar-refractivity contribution in [1.29, 1.82) is 0 Å². The van der Waals surface area contributed by atoms with E-state index in [1.807, 2.05) is 6.07 Å². The fourth-order valence-electron chi connectivity index (χ4n) is 1.97. The molecule has 0 bridgehead atoms. The van der Waals surface area contributed by atoms with Crippen molar-refractivity contribution in [2.24, 2.45) is 0 Å². The zero-order valence-corrected chi connectivity index (χ0v) is 11.4. The number of aromatic amines is 1. The highest BCUT2D eigenvalue weighted by Crippen LogP contribution is 2.22. The van der Waals surface area contributed by atoms with Gasteiger partial charge in [-0.15, -0.1) is 0 Å². The van der Waals surface area contributed by atoms with Crippen molar-refractivity contribution < 1.29 is 9.53 Å². The maximum atomic E-state index is 12.0. The first-order chi connectivity index (χ1) is 9.13. The van der Waals surface area contributed by atoms with Crippen LogP contribution in [0.5, 0.6) is 0 Å². The van der Waals surface area contributed by atoms with Crippen LogP contribution in [-0.4, -0.2) is 22.5 Å². The van der Waals surface area contributed by atoms with Gasteiger partial charge in [0.15, 0.2) is 8.83 Å². The average molecular weight is 292 g/mol. The van der Waals surface area contributed by atoms with E-state index in [9.17, 15) is 9.59 Å². The average Bonchev–Trinajstić information content (AvgIpc) is 2.75. The number of rotatable bonds is 1. The number of ether oxygens (including phenoxy) is 1. The Kier molecular flexibility index (Phi) is 2.72. The Hall–Kier alpha value is -1.99. The number of aromatic nitrogens is 2. The summed E-state index contributed by atoms with van der Waals surface area (Å²) in [6.07, 6.45) is 0. The van der Waals surface area contributed by atoms with E-state index < -0.39 is 5.97 Å². The lowest BCUT2D eigenvalue weighted by Gasteiger charge is -2.02. The van der Waals surface area contributed by atoms with Gasteiger partial charge in [0.2, 0.25) is 0 Å². The van der Waals surface area contributed by atoms with Gasteiger partial charge in [0.25, 0.3) is 5.56 Å². The molecule has 0 aliphatic heterocycles. The minimum atomic E-state index is -0.510. The highest BCUT2D eigenvalue weighted by Gasteiger charge is 2.17. The van der Waals surface area contributed by atoms with E-state index in [0.29, 0.717) is 25.4 Å².